The summed E-state index contributed by atoms with van der Waals surface area (Å²) in [7, 11) is 1.88. The minimum absolute atomic E-state index is 0.199. The van der Waals surface area contributed by atoms with E-state index in [9.17, 15) is 9.59 Å². The SMILES string of the molecule is C#Cc1ccc(NC(=O)c2cc(Cl)ccc2NC(=O)c2ccc(C=NN(C)CC)cc2)nc1. The first kappa shape index (κ1) is 23.5. The minimum Gasteiger partial charge on any atom is -0.321 e. The highest BCUT2D eigenvalue weighted by Crippen LogP contribution is 2.23. The third kappa shape index (κ3) is 6.42. The van der Waals surface area contributed by atoms with Gasteiger partial charge < -0.3 is 15.6 Å². The Morgan fingerprint density at radius 2 is 1.88 bits per heavy atom. The number of nitrogens with one attached hydrogen (secondary N) is 2. The summed E-state index contributed by atoms with van der Waals surface area (Å²) in [5.74, 6) is 1.95. The third-order valence-electron chi connectivity index (χ3n) is 4.68. The molecule has 0 aliphatic rings. The lowest BCUT2D eigenvalue weighted by Crippen LogP contribution is -2.18. The molecule has 3 rings (SSSR count). The van der Waals surface area contributed by atoms with Gasteiger partial charge in [0.2, 0.25) is 0 Å². The molecule has 0 spiro atoms. The second kappa shape index (κ2) is 10.9. The highest BCUT2D eigenvalue weighted by Gasteiger charge is 2.16. The number of terminal acetylenes is 1. The van der Waals surface area contributed by atoms with E-state index in [1.54, 1.807) is 59.8 Å². The van der Waals surface area contributed by atoms with Crippen molar-refractivity contribution in [2.24, 2.45) is 5.10 Å². The van der Waals surface area contributed by atoms with E-state index < -0.39 is 5.91 Å². The number of rotatable bonds is 7. The number of hydrazone groups is 1. The molecule has 2 N–H and O–H groups in total. The molecule has 0 saturated carbocycles. The van der Waals surface area contributed by atoms with Gasteiger partial charge in [0, 0.05) is 35.9 Å². The fraction of sp³-hybridized carbons (Fsp3) is 0.120. The maximum absolute atomic E-state index is 12.8. The van der Waals surface area contributed by atoms with E-state index in [0.29, 0.717) is 27.7 Å². The van der Waals surface area contributed by atoms with Crippen molar-refractivity contribution in [3.63, 3.8) is 0 Å². The molecule has 0 fully saturated rings. The van der Waals surface area contributed by atoms with E-state index in [0.717, 1.165) is 12.1 Å². The molecule has 0 atom stereocenters. The first-order valence-electron chi connectivity index (χ1n) is 10.1. The van der Waals surface area contributed by atoms with Crippen LogP contribution in [-0.2, 0) is 0 Å². The zero-order valence-electron chi connectivity index (χ0n) is 18.2. The fourth-order valence-corrected chi connectivity index (χ4v) is 2.88. The minimum atomic E-state index is -0.472. The quantitative estimate of drug-likeness (QED) is 0.309. The van der Waals surface area contributed by atoms with Crippen molar-refractivity contribution < 1.29 is 9.59 Å². The van der Waals surface area contributed by atoms with Crippen molar-refractivity contribution in [3.8, 4) is 12.3 Å². The largest absolute Gasteiger partial charge is 0.321 e. The van der Waals surface area contributed by atoms with Gasteiger partial charge in [0.15, 0.2) is 0 Å². The second-order valence-electron chi connectivity index (χ2n) is 7.02. The van der Waals surface area contributed by atoms with Crippen molar-refractivity contribution in [3.05, 3.63) is 88.1 Å². The van der Waals surface area contributed by atoms with Crippen LogP contribution in [0.4, 0.5) is 11.5 Å². The van der Waals surface area contributed by atoms with Gasteiger partial charge in [0.05, 0.1) is 17.5 Å². The van der Waals surface area contributed by atoms with Crippen LogP contribution in [-0.4, -0.2) is 41.6 Å². The summed E-state index contributed by atoms with van der Waals surface area (Å²) in [5.41, 5.74) is 2.41. The van der Waals surface area contributed by atoms with Gasteiger partial charge in [-0.05, 0) is 55.0 Å². The zero-order valence-corrected chi connectivity index (χ0v) is 18.9. The molecule has 1 heterocycles. The molecule has 0 unspecified atom stereocenters. The number of carbonyl (C=O) groups excluding carboxylic acids is 2. The van der Waals surface area contributed by atoms with E-state index in [1.165, 1.54) is 12.3 Å². The number of hydrogen-bond donors (Lipinski definition) is 2. The Morgan fingerprint density at radius 1 is 1.12 bits per heavy atom. The van der Waals surface area contributed by atoms with Gasteiger partial charge in [-0.1, -0.05) is 29.7 Å². The van der Waals surface area contributed by atoms with Crippen LogP contribution in [0.1, 0.15) is 38.8 Å². The summed E-state index contributed by atoms with van der Waals surface area (Å²) in [4.78, 5) is 29.7. The van der Waals surface area contributed by atoms with Crippen molar-refractivity contribution in [1.82, 2.24) is 9.99 Å². The van der Waals surface area contributed by atoms with Crippen LogP contribution in [0.15, 0.2) is 65.9 Å². The molecule has 0 saturated heterocycles. The van der Waals surface area contributed by atoms with Crippen molar-refractivity contribution >= 4 is 41.1 Å². The smallest absolute Gasteiger partial charge is 0.258 e. The molecule has 1 aromatic heterocycles. The molecule has 0 aliphatic heterocycles. The number of pyridine rings is 1. The first-order valence-corrected chi connectivity index (χ1v) is 10.5. The number of amides is 2. The first-order chi connectivity index (χ1) is 15.9. The summed E-state index contributed by atoms with van der Waals surface area (Å²) >= 11 is 6.09. The van der Waals surface area contributed by atoms with Crippen LogP contribution in [0.25, 0.3) is 0 Å². The number of benzene rings is 2. The Kier molecular flexibility index (Phi) is 7.79. The molecule has 0 bridgehead atoms. The lowest BCUT2D eigenvalue weighted by Gasteiger charge is -2.12. The van der Waals surface area contributed by atoms with E-state index in [-0.39, 0.29) is 11.5 Å². The number of hydrogen-bond acceptors (Lipinski definition) is 5. The highest BCUT2D eigenvalue weighted by atomic mass is 35.5. The topological polar surface area (TPSA) is 86.7 Å². The Labute approximate surface area is 197 Å². The summed E-state index contributed by atoms with van der Waals surface area (Å²) in [6, 6.07) is 14.9. The van der Waals surface area contributed by atoms with Crippen LogP contribution in [0.3, 0.4) is 0 Å². The molecule has 33 heavy (non-hydrogen) atoms. The molecule has 8 heteroatoms. The standard InChI is InChI=1S/C25H22ClN5O2/c1-4-17-8-13-23(27-15-17)30-25(33)21-14-20(26)11-12-22(21)29-24(32)19-9-6-18(7-10-19)16-28-31(3)5-2/h1,6-16H,5H2,2-3H3,(H,29,32)(H,27,30,33). The van der Waals surface area contributed by atoms with Gasteiger partial charge in [-0.25, -0.2) is 4.98 Å². The molecule has 3 aromatic rings. The molecule has 166 valence electrons. The fourth-order valence-electron chi connectivity index (χ4n) is 2.71. The maximum atomic E-state index is 12.8. The van der Waals surface area contributed by atoms with Crippen molar-refractivity contribution in [1.29, 1.82) is 0 Å². The lowest BCUT2D eigenvalue weighted by atomic mass is 10.1. The van der Waals surface area contributed by atoms with E-state index in [4.69, 9.17) is 18.0 Å². The number of halogens is 1. The normalized spacial score (nSPS) is 10.5. The van der Waals surface area contributed by atoms with Gasteiger partial charge in [0.25, 0.3) is 11.8 Å². The summed E-state index contributed by atoms with van der Waals surface area (Å²) in [6.07, 6.45) is 8.52. The van der Waals surface area contributed by atoms with Crippen LogP contribution >= 0.6 is 11.6 Å². The number of carbonyl (C=O) groups is 2. The number of anilines is 2. The van der Waals surface area contributed by atoms with Crippen molar-refractivity contribution in [2.45, 2.75) is 6.92 Å². The van der Waals surface area contributed by atoms with Gasteiger partial charge in [-0.3, -0.25) is 9.59 Å². The lowest BCUT2D eigenvalue weighted by molar-refractivity contribution is 0.102. The molecular formula is C25H22ClN5O2. The molecule has 2 aromatic carbocycles. The summed E-state index contributed by atoms with van der Waals surface area (Å²) in [5, 5.41) is 11.9. The van der Waals surface area contributed by atoms with Gasteiger partial charge in [-0.2, -0.15) is 5.10 Å². The average molecular weight is 460 g/mol. The number of nitrogens with zero attached hydrogens (tertiary/aromatic N) is 3. The summed E-state index contributed by atoms with van der Waals surface area (Å²) in [6.45, 7) is 2.79. The van der Waals surface area contributed by atoms with Crippen LogP contribution in [0.2, 0.25) is 5.02 Å². The predicted octanol–water partition coefficient (Wildman–Crippen LogP) is 4.51. The van der Waals surface area contributed by atoms with E-state index in [2.05, 4.69) is 26.6 Å². The Balaban J connectivity index is 1.75. The van der Waals surface area contributed by atoms with Crippen molar-refractivity contribution in [2.75, 3.05) is 24.2 Å². The van der Waals surface area contributed by atoms with Crippen LogP contribution < -0.4 is 10.6 Å². The van der Waals surface area contributed by atoms with E-state index >= 15 is 0 Å². The summed E-state index contributed by atoms with van der Waals surface area (Å²) < 4.78 is 0. The Bertz CT molecular complexity index is 1220. The molecule has 7 nitrogen and oxygen atoms in total. The number of aromatic nitrogens is 1. The van der Waals surface area contributed by atoms with Crippen LogP contribution in [0.5, 0.6) is 0 Å². The maximum Gasteiger partial charge on any atom is 0.258 e. The Hall–Kier alpha value is -4.15. The van der Waals surface area contributed by atoms with E-state index in [1.807, 2.05) is 14.0 Å². The predicted molar refractivity (Wildman–Crippen MR) is 132 cm³/mol. The molecule has 0 aliphatic carbocycles. The average Bonchev–Trinajstić information content (AvgIpc) is 2.84. The van der Waals surface area contributed by atoms with Crippen LogP contribution in [0, 0.1) is 12.3 Å². The zero-order chi connectivity index (χ0) is 23.8. The third-order valence-corrected chi connectivity index (χ3v) is 4.92. The molecule has 2 amide bonds. The molecular weight excluding hydrogens is 438 g/mol. The monoisotopic (exact) mass is 459 g/mol. The van der Waals surface area contributed by atoms with Gasteiger partial charge in [-0.15, -0.1) is 6.42 Å². The molecule has 0 radical (unpaired) electrons. The van der Waals surface area contributed by atoms with Gasteiger partial charge >= 0.3 is 0 Å². The Morgan fingerprint density at radius 3 is 2.52 bits per heavy atom. The van der Waals surface area contributed by atoms with Gasteiger partial charge in [0.1, 0.15) is 5.82 Å². The highest BCUT2D eigenvalue weighted by molar-refractivity contribution is 6.31. The second-order valence-corrected chi connectivity index (χ2v) is 7.45.